The third-order valence-electron chi connectivity index (χ3n) is 3.58. The third-order valence-corrected chi connectivity index (χ3v) is 4.25. The van der Waals surface area contributed by atoms with E-state index in [0.717, 1.165) is 34.5 Å². The Labute approximate surface area is 137 Å². The second-order valence-electron chi connectivity index (χ2n) is 5.10. The molecule has 1 N–H and O–H groups in total. The highest BCUT2D eigenvalue weighted by molar-refractivity contribution is 14.1. The van der Waals surface area contributed by atoms with Crippen molar-refractivity contribution < 1.29 is 4.79 Å². The van der Waals surface area contributed by atoms with Crippen molar-refractivity contribution in [2.75, 3.05) is 18.0 Å². The molecule has 1 aliphatic rings. The summed E-state index contributed by atoms with van der Waals surface area (Å²) < 4.78 is 1.07. The van der Waals surface area contributed by atoms with Gasteiger partial charge >= 0.3 is 0 Å². The molecule has 1 aliphatic heterocycles. The molecule has 0 aliphatic carbocycles. The molecule has 108 valence electrons. The number of nitrogens with zero attached hydrogens (tertiary/aromatic N) is 2. The highest BCUT2D eigenvalue weighted by atomic mass is 127. The predicted molar refractivity (Wildman–Crippen MR) is 91.5 cm³/mol. The summed E-state index contributed by atoms with van der Waals surface area (Å²) in [6.07, 6.45) is 2.75. The predicted octanol–water partition coefficient (Wildman–Crippen LogP) is 2.69. The second-order valence-corrected chi connectivity index (χ2v) is 6.35. The van der Waals surface area contributed by atoms with Gasteiger partial charge in [0, 0.05) is 34.5 Å². The minimum atomic E-state index is 0.00128. The van der Waals surface area contributed by atoms with Gasteiger partial charge in [0.15, 0.2) is 0 Å². The summed E-state index contributed by atoms with van der Waals surface area (Å²) in [7, 11) is 0. The van der Waals surface area contributed by atoms with Crippen molar-refractivity contribution in [1.29, 1.82) is 0 Å². The average Bonchev–Trinajstić information content (AvgIpc) is 2.97. The number of anilines is 1. The van der Waals surface area contributed by atoms with Crippen LogP contribution in [0.4, 0.5) is 5.82 Å². The summed E-state index contributed by atoms with van der Waals surface area (Å²) in [5.74, 6) is 0.977. The third kappa shape index (κ3) is 3.53. The highest BCUT2D eigenvalue weighted by Crippen LogP contribution is 2.17. The molecule has 1 saturated heterocycles. The lowest BCUT2D eigenvalue weighted by molar-refractivity contribution is 0.0940. The van der Waals surface area contributed by atoms with Crippen molar-refractivity contribution in [3.8, 4) is 0 Å². The molecule has 0 spiro atoms. The normalized spacial score (nSPS) is 17.8. The van der Waals surface area contributed by atoms with E-state index >= 15 is 0 Å². The van der Waals surface area contributed by atoms with Gasteiger partial charge in [0.1, 0.15) is 5.82 Å². The van der Waals surface area contributed by atoms with Crippen molar-refractivity contribution in [3.05, 3.63) is 57.8 Å². The molecular formula is C16H16IN3O. The minimum Gasteiger partial charge on any atom is -0.354 e. The number of hydrogen-bond donors (Lipinski definition) is 1. The van der Waals surface area contributed by atoms with Gasteiger partial charge in [-0.1, -0.05) is 12.1 Å². The number of amides is 1. The molecule has 5 heteroatoms. The van der Waals surface area contributed by atoms with Crippen LogP contribution in [0.5, 0.6) is 0 Å². The maximum absolute atomic E-state index is 12.2. The first-order chi connectivity index (χ1) is 10.2. The molecule has 2 aromatic rings. The molecular weight excluding hydrogens is 377 g/mol. The number of carbonyl (C=O) groups is 1. The number of rotatable bonds is 3. The zero-order chi connectivity index (χ0) is 14.7. The molecule has 21 heavy (non-hydrogen) atoms. The molecule has 4 nitrogen and oxygen atoms in total. The summed E-state index contributed by atoms with van der Waals surface area (Å²) in [6.45, 7) is 1.74. The maximum atomic E-state index is 12.2. The number of benzene rings is 1. The quantitative estimate of drug-likeness (QED) is 0.816. The molecule has 2 heterocycles. The molecule has 1 fully saturated rings. The number of aromatic nitrogens is 1. The lowest BCUT2D eigenvalue weighted by atomic mass is 10.2. The van der Waals surface area contributed by atoms with Gasteiger partial charge in [-0.2, -0.15) is 0 Å². The average molecular weight is 393 g/mol. The molecule has 0 radical (unpaired) electrons. The number of carbonyl (C=O) groups excluding carboxylic acids is 1. The van der Waals surface area contributed by atoms with E-state index in [1.54, 1.807) is 6.20 Å². The molecule has 0 bridgehead atoms. The zero-order valence-electron chi connectivity index (χ0n) is 11.5. The Kier molecular flexibility index (Phi) is 4.38. The van der Waals surface area contributed by atoms with Crippen LogP contribution in [-0.4, -0.2) is 30.0 Å². The van der Waals surface area contributed by atoms with E-state index < -0.39 is 0 Å². The number of pyridine rings is 1. The van der Waals surface area contributed by atoms with E-state index in [1.807, 2.05) is 42.5 Å². The molecule has 1 atom stereocenters. The van der Waals surface area contributed by atoms with Crippen molar-refractivity contribution in [2.24, 2.45) is 0 Å². The van der Waals surface area contributed by atoms with Crippen LogP contribution in [0.1, 0.15) is 16.8 Å². The van der Waals surface area contributed by atoms with Crippen LogP contribution in [0, 0.1) is 3.57 Å². The number of halogens is 1. The van der Waals surface area contributed by atoms with E-state index in [-0.39, 0.29) is 11.9 Å². The molecule has 3 rings (SSSR count). The van der Waals surface area contributed by atoms with E-state index in [9.17, 15) is 4.79 Å². The topological polar surface area (TPSA) is 45.2 Å². The number of nitrogens with one attached hydrogen (secondary N) is 1. The van der Waals surface area contributed by atoms with Crippen LogP contribution in [0.25, 0.3) is 0 Å². The van der Waals surface area contributed by atoms with Crippen molar-refractivity contribution in [2.45, 2.75) is 12.5 Å². The minimum absolute atomic E-state index is 0.00128. The first kappa shape index (κ1) is 14.3. The molecule has 1 unspecified atom stereocenters. The van der Waals surface area contributed by atoms with Gasteiger partial charge in [0.25, 0.3) is 5.91 Å². The largest absolute Gasteiger partial charge is 0.354 e. The van der Waals surface area contributed by atoms with Crippen LogP contribution in [-0.2, 0) is 0 Å². The Morgan fingerprint density at radius 2 is 2.19 bits per heavy atom. The Morgan fingerprint density at radius 3 is 2.95 bits per heavy atom. The van der Waals surface area contributed by atoms with Crippen LogP contribution in [0.2, 0.25) is 0 Å². The summed E-state index contributed by atoms with van der Waals surface area (Å²) in [5.41, 5.74) is 0.721. The van der Waals surface area contributed by atoms with Crippen LogP contribution < -0.4 is 10.2 Å². The standard InChI is InChI=1S/C16H16IN3O/c17-13-5-3-4-12(10-13)16(21)19-14-7-9-20(11-14)15-6-1-2-8-18-15/h1-6,8,10,14H,7,9,11H2,(H,19,21). The van der Waals surface area contributed by atoms with Gasteiger partial charge < -0.3 is 10.2 Å². The lowest BCUT2D eigenvalue weighted by Gasteiger charge is -2.17. The van der Waals surface area contributed by atoms with Gasteiger partial charge in [-0.15, -0.1) is 0 Å². The molecule has 1 aromatic carbocycles. The van der Waals surface area contributed by atoms with Gasteiger partial charge in [0.05, 0.1) is 0 Å². The van der Waals surface area contributed by atoms with Crippen LogP contribution in [0.15, 0.2) is 48.7 Å². The van der Waals surface area contributed by atoms with Gasteiger partial charge in [-0.3, -0.25) is 4.79 Å². The summed E-state index contributed by atoms with van der Waals surface area (Å²) in [6, 6.07) is 13.7. The molecule has 1 aromatic heterocycles. The Bertz CT molecular complexity index is 632. The van der Waals surface area contributed by atoms with Crippen LogP contribution >= 0.6 is 22.6 Å². The van der Waals surface area contributed by atoms with Crippen molar-refractivity contribution >= 4 is 34.3 Å². The fourth-order valence-corrected chi connectivity index (χ4v) is 3.07. The van der Waals surface area contributed by atoms with Crippen molar-refractivity contribution in [1.82, 2.24) is 10.3 Å². The Balaban J connectivity index is 1.61. The summed E-state index contributed by atoms with van der Waals surface area (Å²) in [5, 5.41) is 3.11. The fraction of sp³-hybridized carbons (Fsp3) is 0.250. The maximum Gasteiger partial charge on any atom is 0.251 e. The smallest absolute Gasteiger partial charge is 0.251 e. The SMILES string of the molecule is O=C(NC1CCN(c2ccccn2)C1)c1cccc(I)c1. The number of hydrogen-bond acceptors (Lipinski definition) is 3. The van der Waals surface area contributed by atoms with Crippen LogP contribution in [0.3, 0.4) is 0 Å². The summed E-state index contributed by atoms with van der Waals surface area (Å²) >= 11 is 2.22. The first-order valence-electron chi connectivity index (χ1n) is 6.95. The van der Waals surface area contributed by atoms with Gasteiger partial charge in [-0.05, 0) is 59.3 Å². The Morgan fingerprint density at radius 1 is 1.29 bits per heavy atom. The fourth-order valence-electron chi connectivity index (χ4n) is 2.53. The van der Waals surface area contributed by atoms with E-state index in [4.69, 9.17) is 0 Å². The first-order valence-corrected chi connectivity index (χ1v) is 8.02. The second kappa shape index (κ2) is 6.43. The molecule has 1 amide bonds. The Hall–Kier alpha value is -1.63. The molecule has 0 saturated carbocycles. The van der Waals surface area contributed by atoms with Crippen molar-refractivity contribution in [3.63, 3.8) is 0 Å². The summed E-state index contributed by atoms with van der Waals surface area (Å²) in [4.78, 5) is 18.8. The van der Waals surface area contributed by atoms with E-state index in [2.05, 4.69) is 37.8 Å². The van der Waals surface area contributed by atoms with Gasteiger partial charge in [0.2, 0.25) is 0 Å². The lowest BCUT2D eigenvalue weighted by Crippen LogP contribution is -2.37. The monoisotopic (exact) mass is 393 g/mol. The van der Waals surface area contributed by atoms with E-state index in [1.165, 1.54) is 0 Å². The zero-order valence-corrected chi connectivity index (χ0v) is 13.7. The van der Waals surface area contributed by atoms with Gasteiger partial charge in [-0.25, -0.2) is 4.98 Å². The highest BCUT2D eigenvalue weighted by Gasteiger charge is 2.24. The van der Waals surface area contributed by atoms with E-state index in [0.29, 0.717) is 0 Å².